The van der Waals surface area contributed by atoms with Crippen LogP contribution in [0.5, 0.6) is 0 Å². The number of para-hydroxylation sites is 2. The van der Waals surface area contributed by atoms with Crippen molar-refractivity contribution in [3.05, 3.63) is 65.0 Å². The van der Waals surface area contributed by atoms with Crippen LogP contribution < -0.4 is 4.80 Å². The van der Waals surface area contributed by atoms with Gasteiger partial charge in [-0.1, -0.05) is 41.7 Å². The fourth-order valence-corrected chi connectivity index (χ4v) is 3.14. The second-order valence-electron chi connectivity index (χ2n) is 4.75. The minimum absolute atomic E-state index is 0.124. The largest absolute Gasteiger partial charge is 0.275 e. The molecule has 22 heavy (non-hydrogen) atoms. The molecule has 0 aliphatic carbocycles. The van der Waals surface area contributed by atoms with Gasteiger partial charge in [0.1, 0.15) is 0 Å². The zero-order chi connectivity index (χ0) is 15.1. The topological polar surface area (TPSA) is 71.6 Å². The number of carbonyl (C=O) groups excluding carboxylic acids is 1. The van der Waals surface area contributed by atoms with Crippen LogP contribution in [0.25, 0.3) is 21.5 Å². The fourth-order valence-electron chi connectivity index (χ4n) is 2.32. The third kappa shape index (κ3) is 1.93. The van der Waals surface area contributed by atoms with Gasteiger partial charge in [-0.3, -0.25) is 10.2 Å². The Morgan fingerprint density at radius 3 is 2.32 bits per heavy atom. The van der Waals surface area contributed by atoms with Gasteiger partial charge in [0.2, 0.25) is 0 Å². The third-order valence-electron chi connectivity index (χ3n) is 3.35. The third-order valence-corrected chi connectivity index (χ3v) is 4.20. The van der Waals surface area contributed by atoms with Crippen LogP contribution in [0.3, 0.4) is 0 Å². The van der Waals surface area contributed by atoms with Crippen molar-refractivity contribution in [3.8, 4) is 0 Å². The van der Waals surface area contributed by atoms with Crippen molar-refractivity contribution in [1.82, 2.24) is 14.5 Å². The zero-order valence-electron chi connectivity index (χ0n) is 11.4. The molecule has 0 saturated carbocycles. The van der Waals surface area contributed by atoms with Crippen LogP contribution >= 0.6 is 11.3 Å². The van der Waals surface area contributed by atoms with E-state index in [0.29, 0.717) is 21.6 Å². The zero-order valence-corrected chi connectivity index (χ0v) is 12.2. The molecule has 106 valence electrons. The maximum Gasteiger partial charge on any atom is 0.265 e. The van der Waals surface area contributed by atoms with E-state index in [0.717, 1.165) is 16.9 Å². The Kier molecular flexibility index (Phi) is 2.83. The van der Waals surface area contributed by atoms with Gasteiger partial charge in [-0.2, -0.15) is 0 Å². The summed E-state index contributed by atoms with van der Waals surface area (Å²) in [4.78, 5) is 22.4. The second-order valence-corrected chi connectivity index (χ2v) is 5.73. The first-order chi connectivity index (χ1) is 10.7. The molecule has 4 rings (SSSR count). The van der Waals surface area contributed by atoms with Crippen LogP contribution in [0.2, 0.25) is 0 Å². The molecule has 0 amide bonds. The monoisotopic (exact) mass is 306 g/mol. The molecular formula is C16H10N4OS. The molecule has 0 saturated heterocycles. The molecule has 2 aromatic heterocycles. The van der Waals surface area contributed by atoms with Crippen molar-refractivity contribution in [2.45, 2.75) is 0 Å². The minimum Gasteiger partial charge on any atom is -0.275 e. The summed E-state index contributed by atoms with van der Waals surface area (Å²) in [6, 6.07) is 16.4. The van der Waals surface area contributed by atoms with Gasteiger partial charge in [-0.25, -0.2) is 14.5 Å². The number of benzene rings is 2. The summed E-state index contributed by atoms with van der Waals surface area (Å²) < 4.78 is 1.31. The molecule has 4 aromatic rings. The van der Waals surface area contributed by atoms with Crippen molar-refractivity contribution in [3.63, 3.8) is 0 Å². The summed E-state index contributed by atoms with van der Waals surface area (Å²) in [7, 11) is 0. The predicted octanol–water partition coefficient (Wildman–Crippen LogP) is 2.81. The lowest BCUT2D eigenvalue weighted by atomic mass is 10.2. The van der Waals surface area contributed by atoms with E-state index in [1.54, 1.807) is 24.3 Å². The van der Waals surface area contributed by atoms with E-state index in [4.69, 9.17) is 5.41 Å². The number of rotatable bonds is 1. The van der Waals surface area contributed by atoms with Gasteiger partial charge in [0.05, 0.1) is 11.0 Å². The number of hydrogen-bond donors (Lipinski definition) is 1. The Bertz CT molecular complexity index is 1070. The van der Waals surface area contributed by atoms with Crippen molar-refractivity contribution in [2.24, 2.45) is 0 Å². The molecule has 0 unspecified atom stereocenters. The smallest absolute Gasteiger partial charge is 0.265 e. The highest BCUT2D eigenvalue weighted by molar-refractivity contribution is 7.15. The van der Waals surface area contributed by atoms with Crippen molar-refractivity contribution in [2.75, 3.05) is 0 Å². The van der Waals surface area contributed by atoms with Gasteiger partial charge in [-0.05, 0) is 24.3 Å². The van der Waals surface area contributed by atoms with Crippen molar-refractivity contribution >= 4 is 38.8 Å². The molecule has 6 heteroatoms. The van der Waals surface area contributed by atoms with Crippen LogP contribution in [0.15, 0.2) is 54.6 Å². The summed E-state index contributed by atoms with van der Waals surface area (Å²) in [6.07, 6.45) is 0. The van der Waals surface area contributed by atoms with Gasteiger partial charge in [0.15, 0.2) is 15.3 Å². The van der Waals surface area contributed by atoms with Gasteiger partial charge in [0, 0.05) is 5.56 Å². The predicted molar refractivity (Wildman–Crippen MR) is 84.9 cm³/mol. The Morgan fingerprint density at radius 1 is 0.955 bits per heavy atom. The number of carbonyl (C=O) groups is 1. The Morgan fingerprint density at radius 2 is 1.59 bits per heavy atom. The summed E-state index contributed by atoms with van der Waals surface area (Å²) >= 11 is 1.15. The molecule has 0 radical (unpaired) electrons. The summed E-state index contributed by atoms with van der Waals surface area (Å²) in [5, 5.41) is 8.09. The number of thiazole rings is 1. The molecule has 0 atom stereocenters. The lowest BCUT2D eigenvalue weighted by molar-refractivity contribution is 0.0961. The summed E-state index contributed by atoms with van der Waals surface area (Å²) in [5.74, 6) is -0.263. The van der Waals surface area contributed by atoms with E-state index in [1.807, 2.05) is 30.3 Å². The maximum atomic E-state index is 12.7. The molecule has 2 aromatic carbocycles. The van der Waals surface area contributed by atoms with Crippen LogP contribution in [0, 0.1) is 5.41 Å². The van der Waals surface area contributed by atoms with Gasteiger partial charge >= 0.3 is 0 Å². The highest BCUT2D eigenvalue weighted by atomic mass is 32.1. The van der Waals surface area contributed by atoms with Gasteiger partial charge < -0.3 is 0 Å². The van der Waals surface area contributed by atoms with Gasteiger partial charge in [-0.15, -0.1) is 0 Å². The highest BCUT2D eigenvalue weighted by Crippen LogP contribution is 2.18. The van der Waals surface area contributed by atoms with E-state index >= 15 is 0 Å². The average molecular weight is 306 g/mol. The van der Waals surface area contributed by atoms with Crippen LogP contribution in [0.4, 0.5) is 0 Å². The highest BCUT2D eigenvalue weighted by Gasteiger charge is 2.17. The first kappa shape index (κ1) is 12.8. The number of aromatic nitrogens is 3. The van der Waals surface area contributed by atoms with E-state index in [-0.39, 0.29) is 10.7 Å². The van der Waals surface area contributed by atoms with E-state index in [1.165, 1.54) is 4.57 Å². The lowest BCUT2D eigenvalue weighted by Crippen LogP contribution is -2.22. The van der Waals surface area contributed by atoms with Crippen molar-refractivity contribution in [1.29, 1.82) is 5.41 Å². The molecule has 1 N–H and O–H groups in total. The number of fused-ring (bicyclic) bond motifs is 2. The maximum absolute atomic E-state index is 12.7. The molecule has 0 aliphatic rings. The fraction of sp³-hybridized carbons (Fsp3) is 0. The van der Waals surface area contributed by atoms with E-state index < -0.39 is 0 Å². The first-order valence-electron chi connectivity index (χ1n) is 6.67. The minimum atomic E-state index is -0.263. The number of nitrogens with one attached hydrogen (secondary N) is 1. The Balaban J connectivity index is 2.01. The SMILES string of the molecule is N=c1sc2nc3ccccc3nc2n1C(=O)c1ccccc1. The summed E-state index contributed by atoms with van der Waals surface area (Å²) in [6.45, 7) is 0. The molecule has 0 fully saturated rings. The quantitative estimate of drug-likeness (QED) is 0.588. The second kappa shape index (κ2) is 4.85. The standard InChI is InChI=1S/C16H10N4OS/c17-16-20(15(21)10-6-2-1-3-7-10)13-14(22-16)19-12-9-5-4-8-11(12)18-13/h1-9,17H. The van der Waals surface area contributed by atoms with Crippen LogP contribution in [0.1, 0.15) is 10.4 Å². The first-order valence-corrected chi connectivity index (χ1v) is 7.48. The van der Waals surface area contributed by atoms with Crippen LogP contribution in [-0.2, 0) is 0 Å². The molecule has 5 nitrogen and oxygen atoms in total. The molecular weight excluding hydrogens is 296 g/mol. The van der Waals surface area contributed by atoms with Crippen molar-refractivity contribution < 1.29 is 4.79 Å². The molecule has 2 heterocycles. The Labute approximate surface area is 129 Å². The normalized spacial score (nSPS) is 11.1. The summed E-state index contributed by atoms with van der Waals surface area (Å²) in [5.41, 5.74) is 2.43. The Hall–Kier alpha value is -2.86. The molecule has 0 aliphatic heterocycles. The average Bonchev–Trinajstić information content (AvgIpc) is 2.87. The molecule has 0 spiro atoms. The number of nitrogens with zero attached hydrogens (tertiary/aromatic N) is 3. The van der Waals surface area contributed by atoms with E-state index in [9.17, 15) is 4.79 Å². The van der Waals surface area contributed by atoms with Crippen LogP contribution in [-0.4, -0.2) is 20.4 Å². The van der Waals surface area contributed by atoms with E-state index in [2.05, 4.69) is 9.97 Å². The van der Waals surface area contributed by atoms with Gasteiger partial charge in [0.25, 0.3) is 5.91 Å². The molecule has 0 bridgehead atoms. The number of hydrogen-bond acceptors (Lipinski definition) is 5. The lowest BCUT2D eigenvalue weighted by Gasteiger charge is -2.03.